The second-order valence-corrected chi connectivity index (χ2v) is 12.4. The molecule has 214 valence electrons. The van der Waals surface area contributed by atoms with E-state index in [4.69, 9.17) is 46.4 Å². The van der Waals surface area contributed by atoms with Gasteiger partial charge in [0.1, 0.15) is 0 Å². The van der Waals surface area contributed by atoms with Crippen LogP contribution in [0, 0.1) is 0 Å². The Bertz CT molecular complexity index is 2220. The molecule has 0 radical (unpaired) electrons. The lowest BCUT2D eigenvalue weighted by atomic mass is 10.1. The van der Waals surface area contributed by atoms with Crippen LogP contribution in [0.5, 0.6) is 0 Å². The number of aromatic amines is 1. The van der Waals surface area contributed by atoms with Gasteiger partial charge in [0.15, 0.2) is 0 Å². The molecule has 0 saturated heterocycles. The van der Waals surface area contributed by atoms with Crippen LogP contribution in [0.3, 0.4) is 0 Å². The molecule has 1 N–H and O–H groups in total. The molecule has 0 aliphatic rings. The van der Waals surface area contributed by atoms with Gasteiger partial charge in [-0.25, -0.2) is 32.3 Å². The van der Waals surface area contributed by atoms with E-state index in [1.807, 2.05) is 42.6 Å². The van der Waals surface area contributed by atoms with Crippen molar-refractivity contribution in [1.82, 2.24) is 28.9 Å². The molecule has 8 nitrogen and oxygen atoms in total. The highest BCUT2D eigenvalue weighted by molar-refractivity contribution is 7.90. The number of halogens is 4. The van der Waals surface area contributed by atoms with Crippen LogP contribution in [-0.4, -0.2) is 37.3 Å². The first kappa shape index (κ1) is 29.1. The van der Waals surface area contributed by atoms with Gasteiger partial charge in [0.2, 0.25) is 10.6 Å². The van der Waals surface area contributed by atoms with Gasteiger partial charge in [0, 0.05) is 39.8 Å². The monoisotopic (exact) mass is 666 g/mol. The Morgan fingerprint density at radius 1 is 0.651 bits per heavy atom. The Kier molecular flexibility index (Phi) is 8.09. The number of para-hydroxylation sites is 2. The normalized spacial score (nSPS) is 11.4. The van der Waals surface area contributed by atoms with Gasteiger partial charge in [-0.05, 0) is 47.5 Å². The Morgan fingerprint density at radius 3 is 1.88 bits per heavy atom. The maximum atomic E-state index is 13.1. The van der Waals surface area contributed by atoms with Crippen molar-refractivity contribution in [3.05, 3.63) is 124 Å². The molecule has 0 aliphatic carbocycles. The van der Waals surface area contributed by atoms with Gasteiger partial charge in [-0.2, -0.15) is 0 Å². The van der Waals surface area contributed by atoms with Crippen LogP contribution in [0.1, 0.15) is 0 Å². The first-order valence-corrected chi connectivity index (χ1v) is 15.5. The van der Waals surface area contributed by atoms with Crippen LogP contribution >= 0.6 is 46.4 Å². The highest BCUT2D eigenvalue weighted by Crippen LogP contribution is 2.36. The van der Waals surface area contributed by atoms with Crippen molar-refractivity contribution in [1.29, 1.82) is 0 Å². The van der Waals surface area contributed by atoms with Crippen molar-refractivity contribution in [3.8, 4) is 22.5 Å². The summed E-state index contributed by atoms with van der Waals surface area (Å²) in [4.78, 5) is 19.4. The third-order valence-corrected chi connectivity index (χ3v) is 9.11. The molecule has 4 aromatic heterocycles. The van der Waals surface area contributed by atoms with Crippen LogP contribution in [0.25, 0.3) is 44.3 Å². The molecule has 0 saturated carbocycles. The van der Waals surface area contributed by atoms with E-state index in [1.54, 1.807) is 42.5 Å². The Morgan fingerprint density at radius 2 is 1.21 bits per heavy atom. The van der Waals surface area contributed by atoms with Gasteiger partial charge in [0.25, 0.3) is 10.0 Å². The lowest BCUT2D eigenvalue weighted by Gasteiger charge is -2.07. The molecule has 0 spiro atoms. The number of hydrogen-bond acceptors (Lipinski definition) is 6. The summed E-state index contributed by atoms with van der Waals surface area (Å²) >= 11 is 24.0. The Labute approximate surface area is 266 Å². The zero-order valence-electron chi connectivity index (χ0n) is 21.8. The minimum atomic E-state index is -3.78. The van der Waals surface area contributed by atoms with Crippen molar-refractivity contribution in [2.45, 2.75) is 4.90 Å². The molecular formula is C30H18Cl4N6O2S. The highest BCUT2D eigenvalue weighted by atomic mass is 35.5. The van der Waals surface area contributed by atoms with Crippen molar-refractivity contribution < 1.29 is 8.42 Å². The van der Waals surface area contributed by atoms with E-state index in [-0.39, 0.29) is 20.5 Å². The fraction of sp³-hybridized carbons (Fsp3) is 0. The summed E-state index contributed by atoms with van der Waals surface area (Å²) in [6.45, 7) is 0. The molecule has 0 bridgehead atoms. The summed E-state index contributed by atoms with van der Waals surface area (Å²) < 4.78 is 27.5. The van der Waals surface area contributed by atoms with Crippen LogP contribution in [0.15, 0.2) is 109 Å². The number of aromatic nitrogens is 6. The summed E-state index contributed by atoms with van der Waals surface area (Å²) in [6.07, 6.45) is 6.28. The van der Waals surface area contributed by atoms with E-state index in [0.717, 1.165) is 16.5 Å². The number of hydrogen-bond donors (Lipinski definition) is 1. The fourth-order valence-corrected chi connectivity index (χ4v) is 6.62. The number of fused-ring (bicyclic) bond motifs is 2. The second-order valence-electron chi connectivity index (χ2n) is 9.09. The average molecular weight is 668 g/mol. The van der Waals surface area contributed by atoms with E-state index in [9.17, 15) is 8.42 Å². The predicted octanol–water partition coefficient (Wildman–Crippen LogP) is 8.57. The topological polar surface area (TPSA) is 106 Å². The second kappa shape index (κ2) is 11.9. The molecule has 0 atom stereocenters. The summed E-state index contributed by atoms with van der Waals surface area (Å²) in [5, 5.41) is 2.75. The van der Waals surface area contributed by atoms with Crippen LogP contribution < -0.4 is 0 Å². The predicted molar refractivity (Wildman–Crippen MR) is 171 cm³/mol. The van der Waals surface area contributed by atoms with E-state index in [1.165, 1.54) is 22.6 Å². The fourth-order valence-electron chi connectivity index (χ4n) is 4.58. The van der Waals surface area contributed by atoms with Crippen LogP contribution in [0.2, 0.25) is 20.6 Å². The smallest absolute Gasteiger partial charge is 0.268 e. The van der Waals surface area contributed by atoms with E-state index >= 15 is 0 Å². The first-order valence-electron chi connectivity index (χ1n) is 12.6. The summed E-state index contributed by atoms with van der Waals surface area (Å²) in [5.41, 5.74) is 4.07. The molecule has 0 amide bonds. The van der Waals surface area contributed by atoms with Crippen LogP contribution in [0.4, 0.5) is 0 Å². The van der Waals surface area contributed by atoms with Gasteiger partial charge >= 0.3 is 0 Å². The SMILES string of the molecule is Clc1ncc(Cl)c(-c2c[nH]c3ccccc23)n1.O=S(=O)(c1ccccc1)n1cc(-c2nc(Cl)ncc2Cl)c2ccccc21. The van der Waals surface area contributed by atoms with E-state index in [2.05, 4.69) is 24.9 Å². The molecule has 43 heavy (non-hydrogen) atoms. The third kappa shape index (κ3) is 5.70. The van der Waals surface area contributed by atoms with Crippen molar-refractivity contribution in [3.63, 3.8) is 0 Å². The van der Waals surface area contributed by atoms with Crippen molar-refractivity contribution >= 4 is 78.2 Å². The number of nitrogens with zero attached hydrogens (tertiary/aromatic N) is 5. The quantitative estimate of drug-likeness (QED) is 0.189. The molecule has 0 fully saturated rings. The van der Waals surface area contributed by atoms with Gasteiger partial charge in [-0.1, -0.05) is 77.8 Å². The summed E-state index contributed by atoms with van der Waals surface area (Å²) in [7, 11) is -3.78. The minimum absolute atomic E-state index is 0.0344. The van der Waals surface area contributed by atoms with Crippen LogP contribution in [-0.2, 0) is 10.0 Å². The zero-order chi connectivity index (χ0) is 30.1. The largest absolute Gasteiger partial charge is 0.360 e. The molecule has 13 heteroatoms. The molecule has 7 aromatic rings. The number of rotatable bonds is 4. The average Bonchev–Trinajstić information content (AvgIpc) is 3.63. The molecular weight excluding hydrogens is 650 g/mol. The molecule has 0 aliphatic heterocycles. The molecule has 4 heterocycles. The van der Waals surface area contributed by atoms with Gasteiger partial charge in [-0.15, -0.1) is 0 Å². The highest BCUT2D eigenvalue weighted by Gasteiger charge is 2.23. The number of nitrogens with one attached hydrogen (secondary N) is 1. The summed E-state index contributed by atoms with van der Waals surface area (Å²) in [5.74, 6) is 0. The number of H-pyrrole nitrogens is 1. The lowest BCUT2D eigenvalue weighted by Crippen LogP contribution is -2.11. The first-order chi connectivity index (χ1) is 20.7. The third-order valence-electron chi connectivity index (χ3n) is 6.51. The van der Waals surface area contributed by atoms with Crippen molar-refractivity contribution in [2.24, 2.45) is 0 Å². The minimum Gasteiger partial charge on any atom is -0.360 e. The Hall–Kier alpha value is -3.99. The summed E-state index contributed by atoms with van der Waals surface area (Å²) in [6, 6.07) is 23.3. The van der Waals surface area contributed by atoms with Crippen molar-refractivity contribution in [2.75, 3.05) is 0 Å². The van der Waals surface area contributed by atoms with Gasteiger partial charge in [0.05, 0.1) is 44.2 Å². The maximum Gasteiger partial charge on any atom is 0.268 e. The lowest BCUT2D eigenvalue weighted by molar-refractivity contribution is 0.589. The van der Waals surface area contributed by atoms with E-state index in [0.29, 0.717) is 32.9 Å². The number of benzene rings is 3. The zero-order valence-corrected chi connectivity index (χ0v) is 25.6. The standard InChI is InChI=1S/C18H11Cl2N3O2S.C12H7Cl2N3/c19-15-10-21-18(20)22-17(15)14-11-23(16-9-5-4-8-13(14)16)26(24,25)12-6-2-1-3-7-12;13-9-6-16-12(14)17-11(9)8-5-15-10-4-2-1-3-7(8)10/h1-11H;1-6,15H. The van der Waals surface area contributed by atoms with Gasteiger partial charge < -0.3 is 4.98 Å². The molecule has 7 rings (SSSR count). The van der Waals surface area contributed by atoms with Gasteiger partial charge in [-0.3, -0.25) is 0 Å². The Balaban J connectivity index is 0.000000167. The molecule has 0 unspecified atom stereocenters. The molecule has 3 aromatic carbocycles. The maximum absolute atomic E-state index is 13.1. The van der Waals surface area contributed by atoms with E-state index < -0.39 is 10.0 Å².